The van der Waals surface area contributed by atoms with Crippen LogP contribution in [0.4, 0.5) is 0 Å². The Morgan fingerprint density at radius 3 is 2.75 bits per heavy atom. The Morgan fingerprint density at radius 1 is 1.29 bits per heavy atom. The van der Waals surface area contributed by atoms with Crippen molar-refractivity contribution in [2.75, 3.05) is 6.61 Å². The van der Waals surface area contributed by atoms with Gasteiger partial charge in [0.05, 0.1) is 30.3 Å². The van der Waals surface area contributed by atoms with Gasteiger partial charge in [-0.2, -0.15) is 0 Å². The van der Waals surface area contributed by atoms with Gasteiger partial charge in [0.25, 0.3) is 0 Å². The molecule has 4 nitrogen and oxygen atoms in total. The van der Waals surface area contributed by atoms with E-state index >= 15 is 0 Å². The number of rotatable bonds is 4. The molecule has 7 atom stereocenters. The van der Waals surface area contributed by atoms with Gasteiger partial charge in [0.15, 0.2) is 0 Å². The van der Waals surface area contributed by atoms with Gasteiger partial charge in [-0.3, -0.25) is 0 Å². The molecule has 0 spiro atoms. The van der Waals surface area contributed by atoms with Gasteiger partial charge >= 0.3 is 0 Å². The summed E-state index contributed by atoms with van der Waals surface area (Å²) < 4.78 is 11.3. The minimum absolute atomic E-state index is 0.0446. The molecule has 3 fully saturated rings. The smallest absolute Gasteiger partial charge is 0.0976 e. The lowest BCUT2D eigenvalue weighted by molar-refractivity contribution is -0.146. The quantitative estimate of drug-likeness (QED) is 0.824. The summed E-state index contributed by atoms with van der Waals surface area (Å²) in [7, 11) is 0. The van der Waals surface area contributed by atoms with Crippen LogP contribution in [-0.4, -0.2) is 28.5 Å². The number of hydrogen-bond donors (Lipinski definition) is 2. The maximum Gasteiger partial charge on any atom is 0.0976 e. The van der Waals surface area contributed by atoms with Crippen molar-refractivity contribution in [3.63, 3.8) is 0 Å². The van der Waals surface area contributed by atoms with Crippen LogP contribution in [0.3, 0.4) is 0 Å². The Kier molecular flexibility index (Phi) is 3.69. The van der Waals surface area contributed by atoms with Crippen LogP contribution in [0, 0.1) is 22.7 Å². The molecule has 2 heterocycles. The number of hydrogen-bond acceptors (Lipinski definition) is 4. The molecule has 1 aliphatic heterocycles. The van der Waals surface area contributed by atoms with E-state index in [4.69, 9.17) is 9.15 Å². The van der Waals surface area contributed by atoms with Crippen LogP contribution < -0.4 is 0 Å². The van der Waals surface area contributed by atoms with Crippen molar-refractivity contribution in [3.05, 3.63) is 24.2 Å². The minimum Gasteiger partial charge on any atom is -0.472 e. The number of aliphatic hydroxyl groups excluding tert-OH is 2. The number of epoxide rings is 1. The lowest BCUT2D eigenvalue weighted by Crippen LogP contribution is -2.58. The van der Waals surface area contributed by atoms with Crippen molar-refractivity contribution >= 4 is 0 Å². The normalized spacial score (nSPS) is 48.5. The van der Waals surface area contributed by atoms with E-state index < -0.39 is 6.10 Å². The molecule has 0 radical (unpaired) electrons. The number of fused-ring (bicyclic) bond motifs is 3. The molecule has 2 aliphatic carbocycles. The van der Waals surface area contributed by atoms with Crippen LogP contribution in [0.2, 0.25) is 0 Å². The van der Waals surface area contributed by atoms with E-state index in [9.17, 15) is 10.2 Å². The third-order valence-corrected chi connectivity index (χ3v) is 8.13. The Bertz CT molecular complexity index is 599. The molecule has 7 unspecified atom stereocenters. The van der Waals surface area contributed by atoms with Crippen LogP contribution in [0.5, 0.6) is 0 Å². The molecule has 0 amide bonds. The molecule has 24 heavy (non-hydrogen) atoms. The first-order valence-corrected chi connectivity index (χ1v) is 9.36. The summed E-state index contributed by atoms with van der Waals surface area (Å²) in [5.74, 6) is 0.769. The molecule has 0 aromatic carbocycles. The standard InChI is InChI=1S/C20H30O4/c1-13-6-8-18(2)16(4-5-17-19(18,3)24-17)20(13,12-21)10-15(22)14-7-9-23-11-14/h7,9,11,13,15-17,21-22H,4-6,8,10,12H2,1-3H3. The average molecular weight is 334 g/mol. The van der Waals surface area contributed by atoms with E-state index in [1.807, 2.05) is 6.07 Å². The topological polar surface area (TPSA) is 66.1 Å². The van der Waals surface area contributed by atoms with Gasteiger partial charge in [-0.1, -0.05) is 13.8 Å². The molecular weight excluding hydrogens is 304 g/mol. The Morgan fingerprint density at radius 2 is 2.08 bits per heavy atom. The fourth-order valence-corrected chi connectivity index (χ4v) is 6.19. The zero-order chi connectivity index (χ0) is 17.2. The lowest BCUT2D eigenvalue weighted by atomic mass is 9.44. The van der Waals surface area contributed by atoms with Crippen molar-refractivity contribution in [3.8, 4) is 0 Å². The van der Waals surface area contributed by atoms with Gasteiger partial charge in [-0.15, -0.1) is 0 Å². The van der Waals surface area contributed by atoms with Crippen LogP contribution in [-0.2, 0) is 4.74 Å². The Labute approximate surface area is 144 Å². The Hall–Kier alpha value is -0.840. The van der Waals surface area contributed by atoms with Gasteiger partial charge in [0, 0.05) is 23.0 Å². The predicted octanol–water partition coefficient (Wildman–Crippen LogP) is 3.69. The molecule has 0 bridgehead atoms. The summed E-state index contributed by atoms with van der Waals surface area (Å²) in [5, 5.41) is 21.3. The molecule has 2 saturated carbocycles. The summed E-state index contributed by atoms with van der Waals surface area (Å²) in [4.78, 5) is 0. The van der Waals surface area contributed by atoms with Gasteiger partial charge in [-0.25, -0.2) is 0 Å². The summed E-state index contributed by atoms with van der Waals surface area (Å²) in [6, 6.07) is 1.82. The van der Waals surface area contributed by atoms with Gasteiger partial charge in [0.2, 0.25) is 0 Å². The van der Waals surface area contributed by atoms with Crippen LogP contribution in [0.25, 0.3) is 0 Å². The van der Waals surface area contributed by atoms with E-state index in [1.54, 1.807) is 12.5 Å². The average Bonchev–Trinajstić information content (AvgIpc) is 3.00. The third-order valence-electron chi connectivity index (χ3n) is 8.13. The van der Waals surface area contributed by atoms with Crippen molar-refractivity contribution in [1.29, 1.82) is 0 Å². The second-order valence-electron chi connectivity index (χ2n) is 8.87. The van der Waals surface area contributed by atoms with Crippen molar-refractivity contribution in [1.82, 2.24) is 0 Å². The summed E-state index contributed by atoms with van der Waals surface area (Å²) in [5.41, 5.74) is 0.590. The van der Waals surface area contributed by atoms with Crippen molar-refractivity contribution in [2.45, 2.75) is 70.7 Å². The van der Waals surface area contributed by atoms with Crippen LogP contribution >= 0.6 is 0 Å². The highest BCUT2D eigenvalue weighted by Gasteiger charge is 2.72. The lowest BCUT2D eigenvalue weighted by Gasteiger charge is -2.60. The molecule has 1 aromatic rings. The van der Waals surface area contributed by atoms with E-state index in [0.29, 0.717) is 24.4 Å². The fraction of sp³-hybridized carbons (Fsp3) is 0.800. The van der Waals surface area contributed by atoms with Gasteiger partial charge in [0.1, 0.15) is 0 Å². The van der Waals surface area contributed by atoms with Crippen molar-refractivity contribution < 1.29 is 19.4 Å². The molecule has 3 aliphatic rings. The second-order valence-corrected chi connectivity index (χ2v) is 8.87. The van der Waals surface area contributed by atoms with Crippen LogP contribution in [0.1, 0.15) is 64.5 Å². The number of furan rings is 1. The highest BCUT2D eigenvalue weighted by atomic mass is 16.6. The zero-order valence-corrected chi connectivity index (χ0v) is 15.0. The predicted molar refractivity (Wildman–Crippen MR) is 90.3 cm³/mol. The first-order chi connectivity index (χ1) is 11.4. The SMILES string of the molecule is CC1CCC2(C)C(CCC3OC32C)C1(CO)CC(O)c1ccoc1. The molecule has 2 N–H and O–H groups in total. The van der Waals surface area contributed by atoms with E-state index in [-0.39, 0.29) is 23.0 Å². The molecule has 4 heteroatoms. The maximum atomic E-state index is 10.8. The first kappa shape index (κ1) is 16.6. The molecular formula is C20H30O4. The van der Waals surface area contributed by atoms with Crippen molar-refractivity contribution in [2.24, 2.45) is 22.7 Å². The van der Waals surface area contributed by atoms with Gasteiger partial charge in [-0.05, 0) is 56.9 Å². The first-order valence-electron chi connectivity index (χ1n) is 9.36. The Balaban J connectivity index is 1.69. The highest BCUT2D eigenvalue weighted by molar-refractivity contribution is 5.21. The minimum atomic E-state index is -0.591. The fourth-order valence-electron chi connectivity index (χ4n) is 6.19. The summed E-state index contributed by atoms with van der Waals surface area (Å²) in [6.45, 7) is 7.00. The highest BCUT2D eigenvalue weighted by Crippen LogP contribution is 2.70. The maximum absolute atomic E-state index is 10.8. The summed E-state index contributed by atoms with van der Waals surface area (Å²) in [6.07, 6.45) is 7.99. The third kappa shape index (κ3) is 2.03. The zero-order valence-electron chi connectivity index (χ0n) is 15.0. The van der Waals surface area contributed by atoms with Crippen LogP contribution in [0.15, 0.2) is 23.0 Å². The van der Waals surface area contributed by atoms with E-state index in [0.717, 1.165) is 31.2 Å². The van der Waals surface area contributed by atoms with Gasteiger partial charge < -0.3 is 19.4 Å². The number of ether oxygens (including phenoxy) is 1. The van der Waals surface area contributed by atoms with E-state index in [2.05, 4.69) is 20.8 Å². The second kappa shape index (κ2) is 5.33. The largest absolute Gasteiger partial charge is 0.472 e. The summed E-state index contributed by atoms with van der Waals surface area (Å²) >= 11 is 0. The molecule has 4 rings (SSSR count). The molecule has 1 saturated heterocycles. The monoisotopic (exact) mass is 334 g/mol. The molecule has 1 aromatic heterocycles. The van der Waals surface area contributed by atoms with E-state index in [1.165, 1.54) is 0 Å². The number of aliphatic hydroxyl groups is 2. The molecule has 134 valence electrons.